The van der Waals surface area contributed by atoms with Crippen molar-refractivity contribution in [2.45, 2.75) is 72.3 Å². The minimum atomic E-state index is -1.06. The van der Waals surface area contributed by atoms with E-state index in [-0.39, 0.29) is 22.6 Å². The van der Waals surface area contributed by atoms with Gasteiger partial charge in [-0.25, -0.2) is 4.79 Å². The van der Waals surface area contributed by atoms with Gasteiger partial charge < -0.3 is 20.2 Å². The molecule has 0 saturated carbocycles. The van der Waals surface area contributed by atoms with Crippen LogP contribution in [0.4, 0.5) is 5.69 Å². The summed E-state index contributed by atoms with van der Waals surface area (Å²) in [6.07, 6.45) is 9.01. The van der Waals surface area contributed by atoms with E-state index in [1.807, 2.05) is 38.1 Å². The Morgan fingerprint density at radius 2 is 1.75 bits per heavy atom. The molecule has 2 rings (SSSR count). The van der Waals surface area contributed by atoms with E-state index in [0.29, 0.717) is 30.9 Å². The topological polar surface area (TPSA) is 98.1 Å². The number of carboxylic acids is 1. The van der Waals surface area contributed by atoms with Crippen LogP contribution in [0.1, 0.15) is 68.4 Å². The SMILES string of the molecule is CC(C)/C=C/C(C)C(O)N(c1cc(C2=CCC(=O)CC2)sc1C(=O)O)C(C)/C=C/C(C)O. The molecule has 6 nitrogen and oxygen atoms in total. The summed E-state index contributed by atoms with van der Waals surface area (Å²) < 4.78 is 0. The first kappa shape index (κ1) is 26.0. The normalized spacial score (nSPS) is 18.8. The molecule has 0 bridgehead atoms. The molecule has 1 aliphatic rings. The van der Waals surface area contributed by atoms with Crippen LogP contribution >= 0.6 is 11.3 Å². The third-order valence-corrected chi connectivity index (χ3v) is 6.60. The summed E-state index contributed by atoms with van der Waals surface area (Å²) in [5.41, 5.74) is 1.41. The van der Waals surface area contributed by atoms with Crippen LogP contribution < -0.4 is 4.90 Å². The molecule has 1 aromatic heterocycles. The van der Waals surface area contributed by atoms with Crippen molar-refractivity contribution >= 4 is 34.3 Å². The Bertz CT molecular complexity index is 896. The van der Waals surface area contributed by atoms with Gasteiger partial charge in [0.1, 0.15) is 16.9 Å². The number of aromatic carboxylic acids is 1. The van der Waals surface area contributed by atoms with Crippen molar-refractivity contribution in [3.8, 4) is 0 Å². The Kier molecular flexibility index (Phi) is 9.43. The number of thiophene rings is 1. The third-order valence-electron chi connectivity index (χ3n) is 5.41. The Morgan fingerprint density at radius 3 is 2.28 bits per heavy atom. The van der Waals surface area contributed by atoms with Crippen LogP contribution in [-0.2, 0) is 4.79 Å². The van der Waals surface area contributed by atoms with E-state index in [9.17, 15) is 24.9 Å². The maximum absolute atomic E-state index is 12.1. The summed E-state index contributed by atoms with van der Waals surface area (Å²) in [6, 6.07) is 1.45. The molecular formula is C25H35NO5S. The molecule has 0 spiro atoms. The molecule has 0 aromatic carbocycles. The number of carboxylic acid groups (broad SMARTS) is 1. The number of allylic oxidation sites excluding steroid dienone is 3. The molecular weight excluding hydrogens is 426 g/mol. The van der Waals surface area contributed by atoms with E-state index in [4.69, 9.17) is 0 Å². The molecule has 3 N–H and O–H groups in total. The van der Waals surface area contributed by atoms with Gasteiger partial charge in [-0.1, -0.05) is 51.2 Å². The number of ketones is 1. The molecule has 0 radical (unpaired) electrons. The van der Waals surface area contributed by atoms with Gasteiger partial charge in [-0.2, -0.15) is 0 Å². The molecule has 7 heteroatoms. The average molecular weight is 462 g/mol. The van der Waals surface area contributed by atoms with Crippen LogP contribution in [0.3, 0.4) is 0 Å². The number of aliphatic hydroxyl groups is 2. The van der Waals surface area contributed by atoms with Crippen molar-refractivity contribution in [1.29, 1.82) is 0 Å². The molecule has 0 aliphatic heterocycles. The number of nitrogens with zero attached hydrogens (tertiary/aromatic N) is 1. The van der Waals surface area contributed by atoms with Gasteiger partial charge in [0.05, 0.1) is 11.8 Å². The highest BCUT2D eigenvalue weighted by Gasteiger charge is 2.31. The number of anilines is 1. The Labute approximate surface area is 194 Å². The van der Waals surface area contributed by atoms with Crippen molar-refractivity contribution in [3.63, 3.8) is 0 Å². The number of hydrogen-bond acceptors (Lipinski definition) is 6. The fourth-order valence-electron chi connectivity index (χ4n) is 3.59. The van der Waals surface area contributed by atoms with E-state index < -0.39 is 18.3 Å². The van der Waals surface area contributed by atoms with Crippen molar-refractivity contribution < 1.29 is 24.9 Å². The van der Waals surface area contributed by atoms with E-state index in [1.165, 1.54) is 11.3 Å². The van der Waals surface area contributed by atoms with Crippen LogP contribution in [-0.4, -0.2) is 45.4 Å². The van der Waals surface area contributed by atoms with E-state index in [2.05, 4.69) is 13.8 Å². The zero-order valence-corrected chi connectivity index (χ0v) is 20.3. The lowest BCUT2D eigenvalue weighted by molar-refractivity contribution is -0.118. The van der Waals surface area contributed by atoms with E-state index in [1.54, 1.807) is 24.0 Å². The zero-order chi connectivity index (χ0) is 24.0. The molecule has 176 valence electrons. The predicted molar refractivity (Wildman–Crippen MR) is 130 cm³/mol. The minimum Gasteiger partial charge on any atom is -0.477 e. The Balaban J connectivity index is 2.53. The highest BCUT2D eigenvalue weighted by atomic mass is 32.1. The molecule has 0 fully saturated rings. The number of hydrogen-bond donors (Lipinski definition) is 3. The lowest BCUT2D eigenvalue weighted by Crippen LogP contribution is -2.45. The van der Waals surface area contributed by atoms with Gasteiger partial charge in [-0.3, -0.25) is 4.79 Å². The highest BCUT2D eigenvalue weighted by molar-refractivity contribution is 7.15. The Morgan fingerprint density at radius 1 is 1.06 bits per heavy atom. The maximum atomic E-state index is 12.1. The zero-order valence-electron chi connectivity index (χ0n) is 19.5. The third kappa shape index (κ3) is 6.89. The molecule has 4 atom stereocenters. The number of rotatable bonds is 10. The number of carbonyl (C=O) groups excluding carboxylic acids is 1. The van der Waals surface area contributed by atoms with Gasteiger partial charge in [0.2, 0.25) is 0 Å². The van der Waals surface area contributed by atoms with Crippen LogP contribution in [0.25, 0.3) is 5.57 Å². The molecule has 0 amide bonds. The first-order valence-electron chi connectivity index (χ1n) is 11.1. The van der Waals surface area contributed by atoms with Gasteiger partial charge in [0.25, 0.3) is 0 Å². The van der Waals surface area contributed by atoms with E-state index in [0.717, 1.165) is 10.5 Å². The first-order chi connectivity index (χ1) is 15.0. The number of Topliss-reactive ketones (excluding diaryl/α,β-unsaturated/α-hetero) is 1. The van der Waals surface area contributed by atoms with Crippen molar-refractivity contribution in [2.24, 2.45) is 11.8 Å². The highest BCUT2D eigenvalue weighted by Crippen LogP contribution is 2.39. The lowest BCUT2D eigenvalue weighted by atomic mass is 9.97. The monoisotopic (exact) mass is 461 g/mol. The Hall–Kier alpha value is -2.22. The molecule has 32 heavy (non-hydrogen) atoms. The standard InChI is InChI=1S/C25H35NO5S/c1-15(2)6-7-16(3)24(29)26(17(4)8-9-18(5)27)21-14-22(32-23(21)25(30)31)19-10-12-20(28)13-11-19/h6-10,14-18,24,27,29H,11-13H2,1-5H3,(H,30,31)/b7-6+,9-8+. The van der Waals surface area contributed by atoms with Gasteiger partial charge in [-0.05, 0) is 37.8 Å². The van der Waals surface area contributed by atoms with Gasteiger partial charge in [0.15, 0.2) is 0 Å². The second kappa shape index (κ2) is 11.6. The second-order valence-corrected chi connectivity index (χ2v) is 9.83. The average Bonchev–Trinajstić information content (AvgIpc) is 3.16. The smallest absolute Gasteiger partial charge is 0.348 e. The summed E-state index contributed by atoms with van der Waals surface area (Å²) in [6.45, 7) is 9.50. The number of carbonyl (C=O) groups is 2. The predicted octanol–water partition coefficient (Wildman–Crippen LogP) is 4.88. The lowest BCUT2D eigenvalue weighted by Gasteiger charge is -2.36. The summed E-state index contributed by atoms with van der Waals surface area (Å²) in [5, 5.41) is 30.9. The van der Waals surface area contributed by atoms with Gasteiger partial charge in [0, 0.05) is 29.7 Å². The fourth-order valence-corrected chi connectivity index (χ4v) is 4.65. The minimum absolute atomic E-state index is 0.147. The second-order valence-electron chi connectivity index (χ2n) is 8.78. The van der Waals surface area contributed by atoms with Crippen LogP contribution in [0.5, 0.6) is 0 Å². The molecule has 1 aliphatic carbocycles. The molecule has 0 saturated heterocycles. The number of aliphatic hydroxyl groups excluding tert-OH is 2. The first-order valence-corrected chi connectivity index (χ1v) is 11.9. The largest absolute Gasteiger partial charge is 0.477 e. The summed E-state index contributed by atoms with van der Waals surface area (Å²) in [7, 11) is 0. The van der Waals surface area contributed by atoms with Crippen LogP contribution in [0.15, 0.2) is 36.4 Å². The van der Waals surface area contributed by atoms with Crippen molar-refractivity contribution in [3.05, 3.63) is 46.2 Å². The molecule has 4 unspecified atom stereocenters. The van der Waals surface area contributed by atoms with Crippen molar-refractivity contribution in [1.82, 2.24) is 0 Å². The van der Waals surface area contributed by atoms with Crippen LogP contribution in [0, 0.1) is 11.8 Å². The molecule has 1 heterocycles. The summed E-state index contributed by atoms with van der Waals surface area (Å²) in [5.74, 6) is -0.799. The van der Waals surface area contributed by atoms with Gasteiger partial charge >= 0.3 is 5.97 Å². The quantitative estimate of drug-likeness (QED) is 0.339. The van der Waals surface area contributed by atoms with Gasteiger partial charge in [-0.15, -0.1) is 11.3 Å². The van der Waals surface area contributed by atoms with E-state index >= 15 is 0 Å². The maximum Gasteiger partial charge on any atom is 0.348 e. The summed E-state index contributed by atoms with van der Waals surface area (Å²) in [4.78, 5) is 26.4. The summed E-state index contributed by atoms with van der Waals surface area (Å²) >= 11 is 1.17. The van der Waals surface area contributed by atoms with Crippen LogP contribution in [0.2, 0.25) is 0 Å². The van der Waals surface area contributed by atoms with Crippen molar-refractivity contribution in [2.75, 3.05) is 4.90 Å². The fraction of sp³-hybridized carbons (Fsp3) is 0.520. The molecule has 1 aromatic rings.